The highest BCUT2D eigenvalue weighted by Gasteiger charge is 2.63. The lowest BCUT2D eigenvalue weighted by Crippen LogP contribution is -2.60. The van der Waals surface area contributed by atoms with Crippen molar-refractivity contribution in [3.8, 4) is 6.07 Å². The summed E-state index contributed by atoms with van der Waals surface area (Å²) < 4.78 is 0. The Hall–Kier alpha value is -1.71. The van der Waals surface area contributed by atoms with Crippen LogP contribution in [0.25, 0.3) is 0 Å². The zero-order chi connectivity index (χ0) is 24.2. The number of aliphatic hydroxyl groups is 2. The van der Waals surface area contributed by atoms with E-state index in [1.165, 1.54) is 5.01 Å². The SMILES string of the molecule is C=NN(/C=C(\C)C#N)CC(=O)[C@H]1CC[C@H]2[C@@H]3[C@H](O)C[C@H]4C[C@](C)(O)CC[C@]4(C)[C@H]3CC[C@]12C. The van der Waals surface area contributed by atoms with E-state index in [1.54, 1.807) is 13.1 Å². The Labute approximate surface area is 198 Å². The lowest BCUT2D eigenvalue weighted by atomic mass is 9.43. The molecule has 0 spiro atoms. The molecule has 4 aliphatic carbocycles. The van der Waals surface area contributed by atoms with E-state index in [1.807, 2.05) is 6.92 Å². The van der Waals surface area contributed by atoms with Gasteiger partial charge in [0.1, 0.15) is 0 Å². The first kappa shape index (κ1) is 24.4. The van der Waals surface area contributed by atoms with Crippen LogP contribution >= 0.6 is 0 Å². The fourth-order valence-corrected chi connectivity index (χ4v) is 8.59. The second kappa shape index (κ2) is 8.50. The highest BCUT2D eigenvalue weighted by molar-refractivity contribution is 5.84. The molecule has 4 aliphatic rings. The van der Waals surface area contributed by atoms with Gasteiger partial charge in [-0.2, -0.15) is 10.4 Å². The number of hydrazone groups is 1. The molecule has 182 valence electrons. The van der Waals surface area contributed by atoms with Crippen molar-refractivity contribution in [2.24, 2.45) is 45.5 Å². The number of hydrogen-bond donors (Lipinski definition) is 2. The van der Waals surface area contributed by atoms with E-state index < -0.39 is 5.60 Å². The van der Waals surface area contributed by atoms with Gasteiger partial charge in [0.25, 0.3) is 0 Å². The monoisotopic (exact) mass is 455 g/mol. The van der Waals surface area contributed by atoms with Crippen LogP contribution in [-0.2, 0) is 4.79 Å². The van der Waals surface area contributed by atoms with Gasteiger partial charge >= 0.3 is 0 Å². The number of ketones is 1. The minimum Gasteiger partial charge on any atom is -0.393 e. The molecule has 4 saturated carbocycles. The first-order valence-corrected chi connectivity index (χ1v) is 12.7. The number of rotatable bonds is 5. The van der Waals surface area contributed by atoms with Crippen LogP contribution in [0.15, 0.2) is 16.9 Å². The van der Waals surface area contributed by atoms with Crippen molar-refractivity contribution in [2.45, 2.75) is 90.8 Å². The van der Waals surface area contributed by atoms with Gasteiger partial charge in [-0.25, -0.2) is 0 Å². The van der Waals surface area contributed by atoms with Crippen LogP contribution in [0, 0.1) is 51.8 Å². The van der Waals surface area contributed by atoms with E-state index in [-0.39, 0.29) is 41.1 Å². The van der Waals surface area contributed by atoms with Gasteiger partial charge in [-0.15, -0.1) is 0 Å². The maximum absolute atomic E-state index is 13.4. The normalized spacial score (nSPS) is 47.0. The van der Waals surface area contributed by atoms with Gasteiger partial charge in [0, 0.05) is 24.4 Å². The van der Waals surface area contributed by atoms with Crippen LogP contribution in [0.1, 0.15) is 79.1 Å². The molecule has 6 nitrogen and oxygen atoms in total. The Kier molecular flexibility index (Phi) is 6.29. The Morgan fingerprint density at radius 3 is 2.55 bits per heavy atom. The van der Waals surface area contributed by atoms with Crippen LogP contribution in [0.4, 0.5) is 0 Å². The van der Waals surface area contributed by atoms with E-state index in [9.17, 15) is 15.0 Å². The van der Waals surface area contributed by atoms with Crippen molar-refractivity contribution in [2.75, 3.05) is 6.54 Å². The smallest absolute Gasteiger partial charge is 0.157 e. The first-order valence-electron chi connectivity index (χ1n) is 12.7. The molecule has 0 aromatic heterocycles. The van der Waals surface area contributed by atoms with Crippen LogP contribution in [0.3, 0.4) is 0 Å². The summed E-state index contributed by atoms with van der Waals surface area (Å²) >= 11 is 0. The predicted octanol–water partition coefficient (Wildman–Crippen LogP) is 4.28. The second-order valence-electron chi connectivity index (χ2n) is 12.3. The summed E-state index contributed by atoms with van der Waals surface area (Å²) in [4.78, 5) is 13.4. The molecule has 2 N–H and O–H groups in total. The zero-order valence-corrected chi connectivity index (χ0v) is 20.8. The summed E-state index contributed by atoms with van der Waals surface area (Å²) in [7, 11) is 0. The molecule has 4 fully saturated rings. The zero-order valence-electron chi connectivity index (χ0n) is 20.8. The topological polar surface area (TPSA) is 96.9 Å². The molecule has 0 aliphatic heterocycles. The number of allylic oxidation sites excluding steroid dienone is 1. The van der Waals surface area contributed by atoms with Crippen LogP contribution in [0.5, 0.6) is 0 Å². The van der Waals surface area contributed by atoms with E-state index >= 15 is 0 Å². The number of carbonyl (C=O) groups excluding carboxylic acids is 1. The molecule has 33 heavy (non-hydrogen) atoms. The molecule has 0 unspecified atom stereocenters. The molecule has 0 aromatic carbocycles. The van der Waals surface area contributed by atoms with Crippen molar-refractivity contribution in [1.29, 1.82) is 5.26 Å². The second-order valence-corrected chi connectivity index (χ2v) is 12.3. The van der Waals surface area contributed by atoms with Gasteiger partial charge in [0.15, 0.2) is 5.78 Å². The number of nitrogens with zero attached hydrogens (tertiary/aromatic N) is 3. The lowest BCUT2D eigenvalue weighted by molar-refractivity contribution is -0.185. The highest BCUT2D eigenvalue weighted by Crippen LogP contribution is 2.68. The minimum atomic E-state index is -0.617. The first-order chi connectivity index (χ1) is 15.4. The summed E-state index contributed by atoms with van der Waals surface area (Å²) in [6, 6.07) is 2.07. The maximum atomic E-state index is 13.4. The number of nitriles is 1. The standard InChI is InChI=1S/C27H41N3O3/c1-17(14-28)15-30(29-5)16-23(32)19-6-7-20-24-21(8-9-27(19,20)4)26(3)11-10-25(2,33)13-18(26)12-22(24)31/h15,18-22,24,31,33H,5-13,16H2,1-4H3/b17-15+/t18-,19+,20-,21-,22+,24-,25+,26-,27+/m0/s1. The van der Waals surface area contributed by atoms with Gasteiger partial charge in [0.2, 0.25) is 0 Å². The van der Waals surface area contributed by atoms with Gasteiger partial charge in [-0.05, 0) is 99.7 Å². The van der Waals surface area contributed by atoms with E-state index in [0.717, 1.165) is 51.4 Å². The Morgan fingerprint density at radius 1 is 1.18 bits per heavy atom. The van der Waals surface area contributed by atoms with Crippen molar-refractivity contribution in [3.05, 3.63) is 11.8 Å². The summed E-state index contributed by atoms with van der Waals surface area (Å²) in [5, 5.41) is 36.6. The molecule has 4 rings (SSSR count). The fourth-order valence-electron chi connectivity index (χ4n) is 8.59. The van der Waals surface area contributed by atoms with Crippen LogP contribution in [-0.4, -0.2) is 46.0 Å². The number of aliphatic hydroxyl groups excluding tert-OH is 1. The minimum absolute atomic E-state index is 0.0479. The molecule has 0 heterocycles. The summed E-state index contributed by atoms with van der Waals surface area (Å²) in [6.07, 6.45) is 8.54. The summed E-state index contributed by atoms with van der Waals surface area (Å²) in [5.41, 5.74) is -0.0677. The Balaban J connectivity index is 1.54. The number of Topliss-reactive ketones (excluding diaryl/α,β-unsaturated/α-hetero) is 1. The summed E-state index contributed by atoms with van der Waals surface area (Å²) in [5.74, 6) is 1.52. The highest BCUT2D eigenvalue weighted by atomic mass is 16.3. The molecule has 0 aromatic rings. The number of carbonyl (C=O) groups is 1. The van der Waals surface area contributed by atoms with Crippen LogP contribution in [0.2, 0.25) is 0 Å². The van der Waals surface area contributed by atoms with Gasteiger partial charge in [-0.1, -0.05) is 13.8 Å². The molecule has 0 amide bonds. The van der Waals surface area contributed by atoms with Gasteiger partial charge < -0.3 is 10.2 Å². The lowest BCUT2D eigenvalue weighted by Gasteiger charge is -2.63. The van der Waals surface area contributed by atoms with E-state index in [2.05, 4.69) is 31.7 Å². The van der Waals surface area contributed by atoms with Crippen molar-refractivity contribution >= 4 is 12.5 Å². The van der Waals surface area contributed by atoms with E-state index in [4.69, 9.17) is 5.26 Å². The fraction of sp³-hybridized carbons (Fsp3) is 0.815. The molecular weight excluding hydrogens is 414 g/mol. The van der Waals surface area contributed by atoms with Gasteiger partial charge in [0.05, 0.1) is 24.3 Å². The number of hydrogen-bond acceptors (Lipinski definition) is 6. The Morgan fingerprint density at radius 2 is 1.88 bits per heavy atom. The molecule has 0 bridgehead atoms. The molecular formula is C27H41N3O3. The average Bonchev–Trinajstić information content (AvgIpc) is 3.11. The summed E-state index contributed by atoms with van der Waals surface area (Å²) in [6.45, 7) is 12.0. The third kappa shape index (κ3) is 4.06. The third-order valence-corrected chi connectivity index (χ3v) is 10.4. The molecule has 9 atom stereocenters. The van der Waals surface area contributed by atoms with Crippen molar-refractivity contribution < 1.29 is 15.0 Å². The Bertz CT molecular complexity index is 876. The maximum Gasteiger partial charge on any atom is 0.157 e. The predicted molar refractivity (Wildman–Crippen MR) is 128 cm³/mol. The van der Waals surface area contributed by atoms with E-state index in [0.29, 0.717) is 23.3 Å². The quantitative estimate of drug-likeness (QED) is 0.366. The molecule has 0 saturated heterocycles. The van der Waals surface area contributed by atoms with Crippen molar-refractivity contribution in [3.63, 3.8) is 0 Å². The molecule has 0 radical (unpaired) electrons. The van der Waals surface area contributed by atoms with Crippen molar-refractivity contribution in [1.82, 2.24) is 5.01 Å². The van der Waals surface area contributed by atoms with Crippen LogP contribution < -0.4 is 0 Å². The largest absolute Gasteiger partial charge is 0.393 e. The third-order valence-electron chi connectivity index (χ3n) is 10.4. The number of fused-ring (bicyclic) bond motifs is 5. The molecule has 6 heteroatoms. The van der Waals surface area contributed by atoms with Gasteiger partial charge in [-0.3, -0.25) is 9.80 Å². The average molecular weight is 456 g/mol.